The van der Waals surface area contributed by atoms with Gasteiger partial charge >= 0.3 is 5.97 Å². The fourth-order valence-electron chi connectivity index (χ4n) is 3.58. The van der Waals surface area contributed by atoms with Gasteiger partial charge in [0.1, 0.15) is 0 Å². The molecule has 2 atom stereocenters. The van der Waals surface area contributed by atoms with Gasteiger partial charge in [0.25, 0.3) is 0 Å². The number of nitrogens with zero attached hydrogens (tertiary/aromatic N) is 1. The summed E-state index contributed by atoms with van der Waals surface area (Å²) >= 11 is 0. The van der Waals surface area contributed by atoms with E-state index in [2.05, 4.69) is 10.2 Å². The number of aliphatic carboxylic acids is 1. The summed E-state index contributed by atoms with van der Waals surface area (Å²) in [5.41, 5.74) is -0.485. The van der Waals surface area contributed by atoms with E-state index in [4.69, 9.17) is 5.11 Å². The molecule has 0 aliphatic carbocycles. The summed E-state index contributed by atoms with van der Waals surface area (Å²) in [7, 11) is 0. The minimum atomic E-state index is -0.845. The van der Waals surface area contributed by atoms with Crippen LogP contribution in [-0.4, -0.2) is 47.1 Å². The summed E-state index contributed by atoms with van der Waals surface area (Å²) in [6.07, 6.45) is 5.02. The Kier molecular flexibility index (Phi) is 4.68. The smallest absolute Gasteiger partial charge is 0.303 e. The van der Waals surface area contributed by atoms with Gasteiger partial charge in [-0.15, -0.1) is 0 Å². The third kappa shape index (κ3) is 3.95. The fraction of sp³-hybridized carbons (Fsp3) is 0.867. The van der Waals surface area contributed by atoms with Crippen LogP contribution in [0.4, 0.5) is 0 Å². The van der Waals surface area contributed by atoms with Crippen LogP contribution in [-0.2, 0) is 9.59 Å². The van der Waals surface area contributed by atoms with Crippen LogP contribution < -0.4 is 5.32 Å². The molecular weight excluding hydrogens is 256 g/mol. The lowest BCUT2D eigenvalue weighted by Crippen LogP contribution is -2.47. The van der Waals surface area contributed by atoms with E-state index in [0.717, 1.165) is 19.5 Å². The van der Waals surface area contributed by atoms with Gasteiger partial charge in [-0.1, -0.05) is 20.3 Å². The van der Waals surface area contributed by atoms with Crippen LogP contribution >= 0.6 is 0 Å². The van der Waals surface area contributed by atoms with Crippen LogP contribution in [0.15, 0.2) is 0 Å². The molecule has 2 N–H and O–H groups in total. The van der Waals surface area contributed by atoms with Crippen LogP contribution in [0.2, 0.25) is 0 Å². The zero-order chi connectivity index (χ0) is 14.8. The first-order valence-electron chi connectivity index (χ1n) is 7.63. The average Bonchev–Trinajstić information content (AvgIpc) is 2.70. The highest BCUT2D eigenvalue weighted by molar-refractivity contribution is 5.78. The van der Waals surface area contributed by atoms with Gasteiger partial charge < -0.3 is 10.4 Å². The molecule has 0 radical (unpaired) electrons. The van der Waals surface area contributed by atoms with Gasteiger partial charge in [-0.25, -0.2) is 0 Å². The van der Waals surface area contributed by atoms with Crippen LogP contribution in [0.3, 0.4) is 0 Å². The first-order chi connectivity index (χ1) is 9.37. The van der Waals surface area contributed by atoms with Crippen molar-refractivity contribution in [3.05, 3.63) is 0 Å². The Bertz CT molecular complexity index is 381. The van der Waals surface area contributed by atoms with Gasteiger partial charge in [0.2, 0.25) is 5.91 Å². The van der Waals surface area contributed by atoms with Crippen molar-refractivity contribution in [2.24, 2.45) is 5.41 Å². The Balaban J connectivity index is 1.84. The highest BCUT2D eigenvalue weighted by atomic mass is 16.4. The highest BCUT2D eigenvalue weighted by Gasteiger charge is 2.36. The van der Waals surface area contributed by atoms with E-state index in [1.54, 1.807) is 0 Å². The van der Waals surface area contributed by atoms with E-state index < -0.39 is 11.4 Å². The molecule has 2 saturated heterocycles. The standard InChI is InChI=1S/C15H26N2O3/c1-15(2,10-14(19)20)9-13(18)16-11-6-8-17-7-4-3-5-12(11)17/h11-12H,3-10H2,1-2H3,(H,16,18)(H,19,20). The molecule has 2 aliphatic rings. The number of nitrogens with one attached hydrogen (secondary N) is 1. The first-order valence-corrected chi connectivity index (χ1v) is 7.63. The predicted octanol–water partition coefficient (Wildman–Crippen LogP) is 1.62. The fourth-order valence-corrected chi connectivity index (χ4v) is 3.58. The zero-order valence-corrected chi connectivity index (χ0v) is 12.5. The lowest BCUT2D eigenvalue weighted by atomic mass is 9.85. The van der Waals surface area contributed by atoms with Crippen LogP contribution in [0.5, 0.6) is 0 Å². The number of rotatable bonds is 5. The topological polar surface area (TPSA) is 69.6 Å². The average molecular weight is 282 g/mol. The van der Waals surface area contributed by atoms with Gasteiger partial charge in [-0.05, 0) is 31.2 Å². The van der Waals surface area contributed by atoms with E-state index >= 15 is 0 Å². The minimum absolute atomic E-state index is 0.00586. The molecule has 0 aromatic heterocycles. The van der Waals surface area contributed by atoms with Gasteiger partial charge in [0.05, 0.1) is 6.42 Å². The number of carboxylic acid groups (broad SMARTS) is 1. The van der Waals surface area contributed by atoms with Crippen molar-refractivity contribution in [3.63, 3.8) is 0 Å². The Hall–Kier alpha value is -1.10. The number of carboxylic acids is 1. The summed E-state index contributed by atoms with van der Waals surface area (Å²) in [4.78, 5) is 25.4. The molecule has 2 aliphatic heterocycles. The Morgan fingerprint density at radius 3 is 2.65 bits per heavy atom. The second-order valence-corrected chi connectivity index (χ2v) is 6.97. The van der Waals surface area contributed by atoms with E-state index in [1.807, 2.05) is 13.8 Å². The normalized spacial score (nSPS) is 27.1. The van der Waals surface area contributed by atoms with Crippen molar-refractivity contribution in [3.8, 4) is 0 Å². The first kappa shape index (κ1) is 15.3. The quantitative estimate of drug-likeness (QED) is 0.804. The summed E-state index contributed by atoms with van der Waals surface area (Å²) in [5.74, 6) is -0.851. The third-order valence-electron chi connectivity index (χ3n) is 4.47. The SMILES string of the molecule is CC(C)(CC(=O)O)CC(=O)NC1CCN2CCCCC12. The molecule has 0 bridgehead atoms. The molecule has 0 spiro atoms. The van der Waals surface area contributed by atoms with Crippen molar-refractivity contribution in [1.29, 1.82) is 0 Å². The number of amides is 1. The Labute approximate surface area is 120 Å². The second-order valence-electron chi connectivity index (χ2n) is 6.97. The lowest BCUT2D eigenvalue weighted by molar-refractivity contribution is -0.139. The number of hydrogen-bond donors (Lipinski definition) is 2. The minimum Gasteiger partial charge on any atom is -0.481 e. The number of hydrogen-bond acceptors (Lipinski definition) is 3. The maximum absolute atomic E-state index is 12.1. The van der Waals surface area contributed by atoms with Crippen LogP contribution in [0, 0.1) is 5.41 Å². The molecule has 2 fully saturated rings. The molecule has 2 heterocycles. The van der Waals surface area contributed by atoms with Gasteiger partial charge in [0.15, 0.2) is 0 Å². The Morgan fingerprint density at radius 1 is 1.20 bits per heavy atom. The molecule has 0 aromatic carbocycles. The van der Waals surface area contributed by atoms with Gasteiger partial charge in [-0.2, -0.15) is 0 Å². The molecular formula is C15H26N2O3. The molecule has 1 amide bonds. The molecule has 0 aromatic rings. The van der Waals surface area contributed by atoms with Crippen molar-refractivity contribution in [2.45, 2.75) is 64.5 Å². The maximum atomic E-state index is 12.1. The summed E-state index contributed by atoms with van der Waals surface area (Å²) in [5, 5.41) is 12.0. The molecule has 2 rings (SSSR count). The van der Waals surface area contributed by atoms with Gasteiger partial charge in [-0.3, -0.25) is 14.5 Å². The summed E-state index contributed by atoms with van der Waals surface area (Å²) < 4.78 is 0. The Morgan fingerprint density at radius 2 is 1.95 bits per heavy atom. The largest absolute Gasteiger partial charge is 0.481 e. The molecule has 114 valence electrons. The molecule has 2 unspecified atom stereocenters. The molecule has 20 heavy (non-hydrogen) atoms. The van der Waals surface area contributed by atoms with Crippen molar-refractivity contribution >= 4 is 11.9 Å². The number of piperidine rings is 1. The van der Waals surface area contributed by atoms with Gasteiger partial charge in [0, 0.05) is 25.0 Å². The number of carbonyl (C=O) groups excluding carboxylic acids is 1. The maximum Gasteiger partial charge on any atom is 0.303 e. The third-order valence-corrected chi connectivity index (χ3v) is 4.47. The number of carbonyl (C=O) groups is 2. The monoisotopic (exact) mass is 282 g/mol. The molecule has 5 heteroatoms. The lowest BCUT2D eigenvalue weighted by Gasteiger charge is -2.33. The molecule has 5 nitrogen and oxygen atoms in total. The predicted molar refractivity (Wildman–Crippen MR) is 76.4 cm³/mol. The van der Waals surface area contributed by atoms with Crippen LogP contribution in [0.1, 0.15) is 52.4 Å². The highest BCUT2D eigenvalue weighted by Crippen LogP contribution is 2.28. The van der Waals surface area contributed by atoms with Crippen LogP contribution in [0.25, 0.3) is 0 Å². The number of fused-ring (bicyclic) bond motifs is 1. The summed E-state index contributed by atoms with van der Waals surface area (Å²) in [6, 6.07) is 0.749. The van der Waals surface area contributed by atoms with Crippen molar-refractivity contribution < 1.29 is 14.7 Å². The van der Waals surface area contributed by atoms with Crippen molar-refractivity contribution in [2.75, 3.05) is 13.1 Å². The van der Waals surface area contributed by atoms with E-state index in [-0.39, 0.29) is 24.8 Å². The van der Waals surface area contributed by atoms with E-state index in [0.29, 0.717) is 6.04 Å². The molecule has 0 saturated carbocycles. The van der Waals surface area contributed by atoms with E-state index in [9.17, 15) is 9.59 Å². The zero-order valence-electron chi connectivity index (χ0n) is 12.5. The summed E-state index contributed by atoms with van der Waals surface area (Å²) in [6.45, 7) is 5.90. The van der Waals surface area contributed by atoms with E-state index in [1.165, 1.54) is 19.3 Å². The second kappa shape index (κ2) is 6.12. The van der Waals surface area contributed by atoms with Crippen molar-refractivity contribution in [1.82, 2.24) is 10.2 Å².